The van der Waals surface area contributed by atoms with Gasteiger partial charge in [-0.15, -0.1) is 0 Å². The number of nitrogen functional groups attached to an aromatic ring is 2. The van der Waals surface area contributed by atoms with Crippen LogP contribution in [0.1, 0.15) is 0 Å². The van der Waals surface area contributed by atoms with E-state index in [9.17, 15) is 0 Å². The Morgan fingerprint density at radius 2 is 1.00 bits per heavy atom. The summed E-state index contributed by atoms with van der Waals surface area (Å²) in [5, 5.41) is 0. The summed E-state index contributed by atoms with van der Waals surface area (Å²) in [5.74, 6) is 1.53. The Kier molecular flexibility index (Phi) is 3.35. The standard InChI is InChI=1S/C20H16N2O2/c21-13-5-7-15(17(11-13)19-3-1-9-23-19)16-8-6-14(22)12-18(16)20-4-2-10-24-20/h1-12H,21-22H2. The summed E-state index contributed by atoms with van der Waals surface area (Å²) in [7, 11) is 0. The van der Waals surface area contributed by atoms with Gasteiger partial charge in [-0.25, -0.2) is 0 Å². The predicted molar refractivity (Wildman–Crippen MR) is 96.1 cm³/mol. The van der Waals surface area contributed by atoms with Crippen molar-refractivity contribution in [3.63, 3.8) is 0 Å². The van der Waals surface area contributed by atoms with E-state index in [4.69, 9.17) is 20.3 Å². The highest BCUT2D eigenvalue weighted by Gasteiger charge is 2.16. The molecule has 0 atom stereocenters. The second kappa shape index (κ2) is 5.66. The molecule has 4 N–H and O–H groups in total. The number of hydrogen-bond acceptors (Lipinski definition) is 4. The Balaban J connectivity index is 1.98. The Hall–Kier alpha value is -3.40. The number of rotatable bonds is 3. The van der Waals surface area contributed by atoms with Crippen molar-refractivity contribution in [1.29, 1.82) is 0 Å². The van der Waals surface area contributed by atoms with Crippen molar-refractivity contribution in [3.05, 3.63) is 73.2 Å². The first kappa shape index (κ1) is 14.2. The highest BCUT2D eigenvalue weighted by Crippen LogP contribution is 2.40. The van der Waals surface area contributed by atoms with E-state index in [0.29, 0.717) is 11.4 Å². The molecule has 2 aromatic carbocycles. The molecule has 0 bridgehead atoms. The lowest BCUT2D eigenvalue weighted by molar-refractivity contribution is 0.581. The molecule has 4 aromatic rings. The minimum Gasteiger partial charge on any atom is -0.464 e. The van der Waals surface area contributed by atoms with E-state index in [1.54, 1.807) is 12.5 Å². The van der Waals surface area contributed by atoms with Crippen LogP contribution in [0.25, 0.3) is 33.8 Å². The molecule has 0 fully saturated rings. The molecule has 0 unspecified atom stereocenters. The van der Waals surface area contributed by atoms with Crippen LogP contribution in [0.2, 0.25) is 0 Å². The number of furan rings is 2. The van der Waals surface area contributed by atoms with Gasteiger partial charge in [-0.1, -0.05) is 12.1 Å². The summed E-state index contributed by atoms with van der Waals surface area (Å²) >= 11 is 0. The Bertz CT molecular complexity index is 889. The molecule has 0 spiro atoms. The van der Waals surface area contributed by atoms with Gasteiger partial charge in [0.25, 0.3) is 0 Å². The summed E-state index contributed by atoms with van der Waals surface area (Å²) in [4.78, 5) is 0. The van der Waals surface area contributed by atoms with Crippen molar-refractivity contribution in [2.45, 2.75) is 0 Å². The van der Waals surface area contributed by atoms with Crippen LogP contribution in [-0.4, -0.2) is 0 Å². The first-order valence-corrected chi connectivity index (χ1v) is 7.59. The van der Waals surface area contributed by atoms with Crippen molar-refractivity contribution in [2.75, 3.05) is 11.5 Å². The Morgan fingerprint density at radius 3 is 1.38 bits per heavy atom. The van der Waals surface area contributed by atoms with Gasteiger partial charge < -0.3 is 20.3 Å². The smallest absolute Gasteiger partial charge is 0.134 e. The van der Waals surface area contributed by atoms with Crippen molar-refractivity contribution >= 4 is 11.4 Å². The maximum Gasteiger partial charge on any atom is 0.134 e. The summed E-state index contributed by atoms with van der Waals surface area (Å²) in [6.07, 6.45) is 3.30. The molecule has 0 saturated heterocycles. The van der Waals surface area contributed by atoms with Gasteiger partial charge in [0, 0.05) is 22.5 Å². The predicted octanol–water partition coefficient (Wildman–Crippen LogP) is 5.04. The van der Waals surface area contributed by atoms with Crippen LogP contribution in [0.4, 0.5) is 11.4 Å². The second-order valence-corrected chi connectivity index (χ2v) is 5.56. The minimum absolute atomic E-state index is 0.681. The molecule has 0 aliphatic heterocycles. The SMILES string of the molecule is Nc1ccc(-c2ccc(N)cc2-c2ccco2)c(-c2ccco2)c1. The highest BCUT2D eigenvalue weighted by atomic mass is 16.3. The zero-order chi connectivity index (χ0) is 16.5. The van der Waals surface area contributed by atoms with Gasteiger partial charge in [-0.2, -0.15) is 0 Å². The lowest BCUT2D eigenvalue weighted by Crippen LogP contribution is -1.93. The zero-order valence-electron chi connectivity index (χ0n) is 12.9. The van der Waals surface area contributed by atoms with Gasteiger partial charge >= 0.3 is 0 Å². The molecule has 4 nitrogen and oxygen atoms in total. The molecule has 118 valence electrons. The molecule has 24 heavy (non-hydrogen) atoms. The third kappa shape index (κ3) is 2.44. The van der Waals surface area contributed by atoms with Crippen molar-refractivity contribution < 1.29 is 8.83 Å². The van der Waals surface area contributed by atoms with Gasteiger partial charge in [-0.05, 0) is 59.7 Å². The van der Waals surface area contributed by atoms with Crippen LogP contribution in [0.15, 0.2) is 82.0 Å². The average Bonchev–Trinajstić information content (AvgIpc) is 3.29. The van der Waals surface area contributed by atoms with Gasteiger partial charge in [0.15, 0.2) is 0 Å². The molecule has 0 radical (unpaired) electrons. The lowest BCUT2D eigenvalue weighted by atomic mass is 9.92. The zero-order valence-corrected chi connectivity index (χ0v) is 12.9. The summed E-state index contributed by atoms with van der Waals surface area (Å²) < 4.78 is 11.2. The molecule has 0 aliphatic carbocycles. The largest absolute Gasteiger partial charge is 0.464 e. The molecule has 4 heteroatoms. The first-order valence-electron chi connectivity index (χ1n) is 7.59. The molecule has 2 heterocycles. The number of nitrogens with two attached hydrogens (primary N) is 2. The topological polar surface area (TPSA) is 78.3 Å². The summed E-state index contributed by atoms with van der Waals surface area (Å²) in [5.41, 5.74) is 17.2. The second-order valence-electron chi connectivity index (χ2n) is 5.56. The maximum atomic E-state index is 5.99. The first-order chi connectivity index (χ1) is 11.7. The van der Waals surface area contributed by atoms with Crippen molar-refractivity contribution in [1.82, 2.24) is 0 Å². The van der Waals surface area contributed by atoms with Crippen molar-refractivity contribution in [2.24, 2.45) is 0 Å². The summed E-state index contributed by atoms with van der Waals surface area (Å²) in [6.45, 7) is 0. The van der Waals surface area contributed by atoms with Crippen LogP contribution >= 0.6 is 0 Å². The van der Waals surface area contributed by atoms with E-state index in [1.807, 2.05) is 60.7 Å². The van der Waals surface area contributed by atoms with Gasteiger partial charge in [-0.3, -0.25) is 0 Å². The van der Waals surface area contributed by atoms with Crippen LogP contribution in [0.3, 0.4) is 0 Å². The lowest BCUT2D eigenvalue weighted by Gasteiger charge is -2.13. The fourth-order valence-corrected chi connectivity index (χ4v) is 2.86. The van der Waals surface area contributed by atoms with Gasteiger partial charge in [0.05, 0.1) is 12.5 Å². The molecule has 2 aromatic heterocycles. The molecule has 4 rings (SSSR count). The molecular formula is C20H16N2O2. The molecule has 0 saturated carbocycles. The van der Waals surface area contributed by atoms with Crippen LogP contribution in [0, 0.1) is 0 Å². The van der Waals surface area contributed by atoms with E-state index in [2.05, 4.69) is 0 Å². The number of hydrogen-bond donors (Lipinski definition) is 2. The monoisotopic (exact) mass is 316 g/mol. The van der Waals surface area contributed by atoms with Crippen LogP contribution in [0.5, 0.6) is 0 Å². The fourth-order valence-electron chi connectivity index (χ4n) is 2.86. The Morgan fingerprint density at radius 1 is 0.542 bits per heavy atom. The van der Waals surface area contributed by atoms with E-state index < -0.39 is 0 Å². The summed E-state index contributed by atoms with van der Waals surface area (Å²) in [6, 6.07) is 19.1. The third-order valence-electron chi connectivity index (χ3n) is 3.95. The van der Waals surface area contributed by atoms with E-state index >= 15 is 0 Å². The number of anilines is 2. The highest BCUT2D eigenvalue weighted by molar-refractivity contribution is 5.91. The van der Waals surface area contributed by atoms with E-state index in [-0.39, 0.29) is 0 Å². The molecule has 0 aliphatic rings. The number of benzene rings is 2. The average molecular weight is 316 g/mol. The quantitative estimate of drug-likeness (QED) is 0.519. The minimum atomic E-state index is 0.681. The fraction of sp³-hybridized carbons (Fsp3) is 0. The van der Waals surface area contributed by atoms with Crippen LogP contribution in [-0.2, 0) is 0 Å². The maximum absolute atomic E-state index is 5.99. The molecular weight excluding hydrogens is 300 g/mol. The van der Waals surface area contributed by atoms with Crippen LogP contribution < -0.4 is 11.5 Å². The normalized spacial score (nSPS) is 10.8. The van der Waals surface area contributed by atoms with E-state index in [0.717, 1.165) is 33.8 Å². The third-order valence-corrected chi connectivity index (χ3v) is 3.95. The van der Waals surface area contributed by atoms with Gasteiger partial charge in [0.1, 0.15) is 11.5 Å². The van der Waals surface area contributed by atoms with Gasteiger partial charge in [0.2, 0.25) is 0 Å². The molecule has 0 amide bonds. The Labute approximate surface area is 139 Å². The van der Waals surface area contributed by atoms with Crippen molar-refractivity contribution in [3.8, 4) is 33.8 Å². The van der Waals surface area contributed by atoms with E-state index in [1.165, 1.54) is 0 Å².